The summed E-state index contributed by atoms with van der Waals surface area (Å²) in [6.45, 7) is 0. The molecule has 0 saturated heterocycles. The van der Waals surface area contributed by atoms with Crippen LogP contribution in [0.3, 0.4) is 0 Å². The van der Waals surface area contributed by atoms with Gasteiger partial charge < -0.3 is 0 Å². The van der Waals surface area contributed by atoms with Crippen LogP contribution in [0.15, 0.2) is 70.5 Å². The van der Waals surface area contributed by atoms with Gasteiger partial charge >= 0.3 is 0 Å². The standard InChI is InChI=1S/C18H20OS2/c19-21(17-12-6-2-7-13-17)18(14-8-3-9-15-18)20-16-10-4-1-5-11-16/h1-2,4-7,10-13H,3,8-9,14-15H2. The van der Waals surface area contributed by atoms with Crippen molar-refractivity contribution in [2.45, 2.75) is 46.0 Å². The predicted molar refractivity (Wildman–Crippen MR) is 91.0 cm³/mol. The number of thioether (sulfide) groups is 1. The topological polar surface area (TPSA) is 17.1 Å². The van der Waals surface area contributed by atoms with Crippen molar-refractivity contribution in [3.8, 4) is 0 Å². The van der Waals surface area contributed by atoms with Crippen LogP contribution in [-0.2, 0) is 10.8 Å². The highest BCUT2D eigenvalue weighted by Gasteiger charge is 2.39. The quantitative estimate of drug-likeness (QED) is 0.766. The summed E-state index contributed by atoms with van der Waals surface area (Å²) in [7, 11) is -0.966. The molecule has 3 rings (SSSR count). The summed E-state index contributed by atoms with van der Waals surface area (Å²) >= 11 is 1.81. The average molecular weight is 316 g/mol. The van der Waals surface area contributed by atoms with Crippen molar-refractivity contribution in [1.29, 1.82) is 0 Å². The van der Waals surface area contributed by atoms with Gasteiger partial charge in [0.2, 0.25) is 0 Å². The third-order valence-corrected chi connectivity index (χ3v) is 7.73. The van der Waals surface area contributed by atoms with E-state index in [-0.39, 0.29) is 4.08 Å². The largest absolute Gasteiger partial charge is 0.253 e. The Balaban J connectivity index is 1.91. The molecule has 1 unspecified atom stereocenters. The maximum Gasteiger partial charge on any atom is 0.100 e. The molecule has 1 saturated carbocycles. The molecular formula is C18H20OS2. The van der Waals surface area contributed by atoms with Gasteiger partial charge in [-0.25, -0.2) is 0 Å². The van der Waals surface area contributed by atoms with Crippen molar-refractivity contribution in [1.82, 2.24) is 0 Å². The second-order valence-corrected chi connectivity index (χ2v) is 8.97. The fourth-order valence-corrected chi connectivity index (χ4v) is 6.47. The van der Waals surface area contributed by atoms with E-state index in [1.165, 1.54) is 24.2 Å². The van der Waals surface area contributed by atoms with Gasteiger partial charge in [-0.1, -0.05) is 55.7 Å². The Bertz CT molecular complexity index is 589. The molecule has 21 heavy (non-hydrogen) atoms. The first-order chi connectivity index (χ1) is 10.3. The molecule has 1 aliphatic rings. The fraction of sp³-hybridized carbons (Fsp3) is 0.333. The predicted octanol–water partition coefficient (Wildman–Crippen LogP) is 5.25. The molecule has 0 radical (unpaired) electrons. The molecular weight excluding hydrogens is 296 g/mol. The third kappa shape index (κ3) is 3.41. The lowest BCUT2D eigenvalue weighted by Gasteiger charge is -2.35. The zero-order chi connectivity index (χ0) is 14.5. The Hall–Kier alpha value is -1.06. The lowest BCUT2D eigenvalue weighted by atomic mass is 10.00. The van der Waals surface area contributed by atoms with E-state index >= 15 is 0 Å². The molecule has 0 amide bonds. The molecule has 110 valence electrons. The molecule has 0 heterocycles. The molecule has 3 heteroatoms. The first kappa shape index (κ1) is 14.9. The van der Waals surface area contributed by atoms with Crippen LogP contribution in [-0.4, -0.2) is 8.29 Å². The zero-order valence-corrected chi connectivity index (χ0v) is 13.7. The minimum Gasteiger partial charge on any atom is -0.253 e. The second kappa shape index (κ2) is 6.80. The fourth-order valence-electron chi connectivity index (χ4n) is 2.88. The molecule has 1 nitrogen and oxygen atoms in total. The molecule has 0 bridgehead atoms. The molecule has 0 spiro atoms. The molecule has 1 fully saturated rings. The lowest BCUT2D eigenvalue weighted by molar-refractivity contribution is 0.479. The summed E-state index contributed by atoms with van der Waals surface area (Å²) in [4.78, 5) is 2.19. The second-order valence-electron chi connectivity index (χ2n) is 5.47. The number of rotatable bonds is 4. The van der Waals surface area contributed by atoms with Gasteiger partial charge in [0.15, 0.2) is 0 Å². The van der Waals surface area contributed by atoms with Crippen LogP contribution in [0.25, 0.3) is 0 Å². The van der Waals surface area contributed by atoms with Crippen LogP contribution in [0, 0.1) is 0 Å². The van der Waals surface area contributed by atoms with Gasteiger partial charge in [0.05, 0.1) is 10.8 Å². The van der Waals surface area contributed by atoms with Gasteiger partial charge in [-0.15, -0.1) is 11.8 Å². The SMILES string of the molecule is O=S(c1ccccc1)C1(Sc2ccccc2)CCCCC1. The molecule has 2 aromatic rings. The van der Waals surface area contributed by atoms with Gasteiger partial charge in [-0.05, 0) is 37.1 Å². The van der Waals surface area contributed by atoms with E-state index in [0.717, 1.165) is 17.7 Å². The smallest absolute Gasteiger partial charge is 0.100 e. The van der Waals surface area contributed by atoms with Crippen molar-refractivity contribution in [3.63, 3.8) is 0 Å². The molecule has 0 aromatic heterocycles. The Morgan fingerprint density at radius 2 is 1.38 bits per heavy atom. The minimum absolute atomic E-state index is 0.166. The van der Waals surface area contributed by atoms with E-state index in [2.05, 4.69) is 24.3 Å². The van der Waals surface area contributed by atoms with E-state index in [0.29, 0.717) is 0 Å². The highest BCUT2D eigenvalue weighted by Crippen LogP contribution is 2.48. The molecule has 0 N–H and O–H groups in total. The van der Waals surface area contributed by atoms with Crippen LogP contribution >= 0.6 is 11.8 Å². The summed E-state index contributed by atoms with van der Waals surface area (Å²) < 4.78 is 13.1. The van der Waals surface area contributed by atoms with Crippen molar-refractivity contribution < 1.29 is 4.21 Å². The van der Waals surface area contributed by atoms with E-state index in [1.807, 2.05) is 48.2 Å². The highest BCUT2D eigenvalue weighted by atomic mass is 32.2. The van der Waals surface area contributed by atoms with Crippen molar-refractivity contribution >= 4 is 22.6 Å². The van der Waals surface area contributed by atoms with Crippen LogP contribution < -0.4 is 0 Å². The summed E-state index contributed by atoms with van der Waals surface area (Å²) in [5.41, 5.74) is 0. The van der Waals surface area contributed by atoms with Crippen LogP contribution in [0.1, 0.15) is 32.1 Å². The first-order valence-electron chi connectivity index (χ1n) is 7.51. The van der Waals surface area contributed by atoms with Gasteiger partial charge in [0, 0.05) is 9.79 Å². The molecule has 1 aliphatic carbocycles. The van der Waals surface area contributed by atoms with Crippen LogP contribution in [0.4, 0.5) is 0 Å². The maximum atomic E-state index is 13.2. The Kier molecular flexibility index (Phi) is 4.81. The third-order valence-electron chi connectivity index (χ3n) is 3.96. The molecule has 1 atom stereocenters. The number of hydrogen-bond donors (Lipinski definition) is 0. The average Bonchev–Trinajstić information content (AvgIpc) is 2.57. The van der Waals surface area contributed by atoms with Crippen LogP contribution in [0.2, 0.25) is 0 Å². The summed E-state index contributed by atoms with van der Waals surface area (Å²) in [5.74, 6) is 0. The van der Waals surface area contributed by atoms with E-state index < -0.39 is 10.8 Å². The number of benzene rings is 2. The lowest BCUT2D eigenvalue weighted by Crippen LogP contribution is -2.33. The maximum absolute atomic E-state index is 13.2. The van der Waals surface area contributed by atoms with Gasteiger partial charge in [0.25, 0.3) is 0 Å². The van der Waals surface area contributed by atoms with Gasteiger partial charge in [0.1, 0.15) is 4.08 Å². The summed E-state index contributed by atoms with van der Waals surface area (Å²) in [6, 6.07) is 20.4. The van der Waals surface area contributed by atoms with E-state index in [4.69, 9.17) is 0 Å². The zero-order valence-electron chi connectivity index (χ0n) is 12.0. The Labute approximate surface area is 133 Å². The molecule has 2 aromatic carbocycles. The molecule has 0 aliphatic heterocycles. The minimum atomic E-state index is -0.966. The normalized spacial score (nSPS) is 19.0. The monoisotopic (exact) mass is 316 g/mol. The van der Waals surface area contributed by atoms with Crippen molar-refractivity contribution in [3.05, 3.63) is 60.7 Å². The highest BCUT2D eigenvalue weighted by molar-refractivity contribution is 8.12. The Morgan fingerprint density at radius 1 is 0.810 bits per heavy atom. The van der Waals surface area contributed by atoms with Crippen molar-refractivity contribution in [2.75, 3.05) is 0 Å². The first-order valence-corrected chi connectivity index (χ1v) is 9.48. The van der Waals surface area contributed by atoms with E-state index in [1.54, 1.807) is 0 Å². The van der Waals surface area contributed by atoms with Gasteiger partial charge in [-0.2, -0.15) is 0 Å². The van der Waals surface area contributed by atoms with Crippen LogP contribution in [0.5, 0.6) is 0 Å². The summed E-state index contributed by atoms with van der Waals surface area (Å²) in [6.07, 6.45) is 5.70. The Morgan fingerprint density at radius 3 is 2.00 bits per heavy atom. The van der Waals surface area contributed by atoms with E-state index in [9.17, 15) is 4.21 Å². The van der Waals surface area contributed by atoms with Crippen molar-refractivity contribution in [2.24, 2.45) is 0 Å². The summed E-state index contributed by atoms with van der Waals surface area (Å²) in [5, 5.41) is 0. The van der Waals surface area contributed by atoms with Gasteiger partial charge in [-0.3, -0.25) is 4.21 Å². The number of hydrogen-bond acceptors (Lipinski definition) is 2.